The van der Waals surface area contributed by atoms with E-state index >= 15 is 0 Å². The van der Waals surface area contributed by atoms with Gasteiger partial charge in [-0.05, 0) is 6.92 Å². The second-order valence-electron chi connectivity index (χ2n) is 7.79. The average Bonchev–Trinajstić information content (AvgIpc) is 3.30. The summed E-state index contributed by atoms with van der Waals surface area (Å²) in [5.74, 6) is -0.919. The summed E-state index contributed by atoms with van der Waals surface area (Å²) in [7, 11) is -1.31. The second kappa shape index (κ2) is 10.6. The molecule has 1 aliphatic rings. The lowest BCUT2D eigenvalue weighted by Gasteiger charge is -2.24. The third-order valence-electron chi connectivity index (χ3n) is 5.63. The first-order valence-corrected chi connectivity index (χ1v) is 12.4. The fourth-order valence-corrected chi connectivity index (χ4v) is 4.75. The van der Waals surface area contributed by atoms with Crippen molar-refractivity contribution in [3.63, 3.8) is 0 Å². The lowest BCUT2D eigenvalue weighted by molar-refractivity contribution is -0.0941. The maximum Gasteiger partial charge on any atom is 0.245 e. The third-order valence-corrected chi connectivity index (χ3v) is 7.49. The van der Waals surface area contributed by atoms with E-state index in [2.05, 4.69) is 34.9 Å². The van der Waals surface area contributed by atoms with E-state index in [9.17, 15) is 12.8 Å². The molecule has 1 saturated heterocycles. The van der Waals surface area contributed by atoms with Crippen molar-refractivity contribution in [2.75, 3.05) is 38.8 Å². The Morgan fingerprint density at radius 2 is 1.75 bits per heavy atom. The van der Waals surface area contributed by atoms with Crippen LogP contribution in [0.2, 0.25) is 0 Å². The standard InChI is InChI=1S/C20H25FN8O6S/c1-11(16-22-7-13(21)8-23-16)12(2)36(30,31)28-20-27-26-17(14-9-34-5-6-35-14)29(20)15-18(32-3)24-10-25-19(15)33-4/h7-8,10-12,14H,5-6,9H2,1-4H3,(H,27,28)/t11-,12-,14?/m0/s1. The summed E-state index contributed by atoms with van der Waals surface area (Å²) in [6.45, 7) is 3.98. The highest BCUT2D eigenvalue weighted by Gasteiger charge is 2.34. The Labute approximate surface area is 206 Å². The Morgan fingerprint density at radius 1 is 1.08 bits per heavy atom. The van der Waals surface area contributed by atoms with Crippen LogP contribution in [0.15, 0.2) is 18.7 Å². The molecule has 1 fully saturated rings. The second-order valence-corrected chi connectivity index (χ2v) is 9.83. The maximum atomic E-state index is 13.4. The molecule has 14 nitrogen and oxygen atoms in total. The molecule has 0 aliphatic carbocycles. The number of anilines is 1. The van der Waals surface area contributed by atoms with E-state index in [1.807, 2.05) is 0 Å². The molecule has 0 spiro atoms. The van der Waals surface area contributed by atoms with Crippen molar-refractivity contribution >= 4 is 16.0 Å². The van der Waals surface area contributed by atoms with Crippen molar-refractivity contribution < 1.29 is 31.8 Å². The largest absolute Gasteiger partial charge is 0.479 e. The van der Waals surface area contributed by atoms with E-state index in [0.717, 1.165) is 12.4 Å². The van der Waals surface area contributed by atoms with E-state index in [0.29, 0.717) is 13.2 Å². The minimum atomic E-state index is -4.10. The molecule has 0 saturated carbocycles. The number of aromatic nitrogens is 7. The van der Waals surface area contributed by atoms with Crippen LogP contribution in [-0.2, 0) is 19.5 Å². The number of hydrogen-bond donors (Lipinski definition) is 1. The molecule has 3 aromatic heterocycles. The fourth-order valence-electron chi connectivity index (χ4n) is 3.52. The molecule has 1 aliphatic heterocycles. The van der Waals surface area contributed by atoms with Gasteiger partial charge in [0.25, 0.3) is 0 Å². The van der Waals surface area contributed by atoms with Gasteiger partial charge in [-0.3, -0.25) is 9.29 Å². The van der Waals surface area contributed by atoms with Gasteiger partial charge in [0.1, 0.15) is 18.3 Å². The Hall–Kier alpha value is -3.50. The highest BCUT2D eigenvalue weighted by atomic mass is 32.2. The van der Waals surface area contributed by atoms with Crippen LogP contribution in [0.3, 0.4) is 0 Å². The van der Waals surface area contributed by atoms with Crippen molar-refractivity contribution in [2.24, 2.45) is 0 Å². The van der Waals surface area contributed by atoms with Gasteiger partial charge in [-0.1, -0.05) is 6.92 Å². The first kappa shape index (κ1) is 25.6. The quantitative estimate of drug-likeness (QED) is 0.423. The predicted octanol–water partition coefficient (Wildman–Crippen LogP) is 1.03. The number of halogens is 1. The summed E-state index contributed by atoms with van der Waals surface area (Å²) in [5.41, 5.74) is 0.164. The Kier molecular flexibility index (Phi) is 7.56. The van der Waals surface area contributed by atoms with Crippen LogP contribution in [0.1, 0.15) is 37.5 Å². The molecule has 16 heteroatoms. The molecule has 1 N–H and O–H groups in total. The fraction of sp³-hybridized carbons (Fsp3) is 0.500. The van der Waals surface area contributed by atoms with E-state index < -0.39 is 33.1 Å². The summed E-state index contributed by atoms with van der Waals surface area (Å²) in [6, 6.07) is 0. The molecule has 0 bridgehead atoms. The zero-order valence-electron chi connectivity index (χ0n) is 20.0. The molecule has 0 amide bonds. The van der Waals surface area contributed by atoms with Crippen molar-refractivity contribution in [3.05, 3.63) is 36.2 Å². The van der Waals surface area contributed by atoms with Gasteiger partial charge in [0, 0.05) is 5.92 Å². The lowest BCUT2D eigenvalue weighted by atomic mass is 10.1. The van der Waals surface area contributed by atoms with Gasteiger partial charge < -0.3 is 18.9 Å². The van der Waals surface area contributed by atoms with Crippen LogP contribution < -0.4 is 14.2 Å². The Morgan fingerprint density at radius 3 is 2.33 bits per heavy atom. The number of hydrogen-bond acceptors (Lipinski definition) is 12. The van der Waals surface area contributed by atoms with Gasteiger partial charge in [0.05, 0.1) is 51.7 Å². The van der Waals surface area contributed by atoms with Crippen LogP contribution in [0.5, 0.6) is 11.8 Å². The molecule has 3 aromatic rings. The number of methoxy groups -OCH3 is 2. The molecule has 36 heavy (non-hydrogen) atoms. The van der Waals surface area contributed by atoms with Crippen LogP contribution in [0, 0.1) is 5.82 Å². The summed E-state index contributed by atoms with van der Waals surface area (Å²) in [5, 5.41) is 7.20. The average molecular weight is 525 g/mol. The molecule has 3 atom stereocenters. The van der Waals surface area contributed by atoms with Crippen LogP contribution in [0.25, 0.3) is 5.69 Å². The highest BCUT2D eigenvalue weighted by molar-refractivity contribution is 7.93. The number of ether oxygens (including phenoxy) is 4. The van der Waals surface area contributed by atoms with Gasteiger partial charge in [-0.15, -0.1) is 10.2 Å². The Balaban J connectivity index is 1.77. The molecule has 0 radical (unpaired) electrons. The number of nitrogens with one attached hydrogen (secondary N) is 1. The summed E-state index contributed by atoms with van der Waals surface area (Å²) >= 11 is 0. The zero-order chi connectivity index (χ0) is 25.9. The number of sulfonamides is 1. The normalized spacial score (nSPS) is 17.9. The number of rotatable bonds is 9. The minimum Gasteiger partial charge on any atom is -0.479 e. The van der Waals surface area contributed by atoms with Crippen LogP contribution >= 0.6 is 0 Å². The smallest absolute Gasteiger partial charge is 0.245 e. The lowest BCUT2D eigenvalue weighted by Crippen LogP contribution is -2.32. The topological polar surface area (TPSA) is 165 Å². The molecule has 4 rings (SSSR count). The number of nitrogens with zero attached hydrogens (tertiary/aromatic N) is 7. The molecule has 0 aromatic carbocycles. The van der Waals surface area contributed by atoms with Gasteiger partial charge >= 0.3 is 0 Å². The molecular formula is C20H25FN8O6S. The SMILES string of the molecule is COc1ncnc(OC)c1-n1c(NS(=O)(=O)[C@@H](C)[C@H](C)c2ncc(F)cn2)nnc1C1COCCO1. The van der Waals surface area contributed by atoms with Gasteiger partial charge in [0.2, 0.25) is 27.7 Å². The van der Waals surface area contributed by atoms with Gasteiger partial charge in [-0.2, -0.15) is 9.97 Å². The minimum absolute atomic E-state index is 0.0844. The predicted molar refractivity (Wildman–Crippen MR) is 122 cm³/mol. The summed E-state index contributed by atoms with van der Waals surface area (Å²) in [6.07, 6.45) is 2.54. The summed E-state index contributed by atoms with van der Waals surface area (Å²) < 4.78 is 65.9. The summed E-state index contributed by atoms with van der Waals surface area (Å²) in [4.78, 5) is 16.0. The molecule has 4 heterocycles. The maximum absolute atomic E-state index is 13.4. The Bertz CT molecular complexity index is 1280. The van der Waals surface area contributed by atoms with E-state index in [1.54, 1.807) is 6.92 Å². The van der Waals surface area contributed by atoms with Crippen molar-refractivity contribution in [1.29, 1.82) is 0 Å². The highest BCUT2D eigenvalue weighted by Crippen LogP contribution is 2.35. The van der Waals surface area contributed by atoms with E-state index in [4.69, 9.17) is 18.9 Å². The van der Waals surface area contributed by atoms with Crippen molar-refractivity contribution in [1.82, 2.24) is 34.7 Å². The molecule has 1 unspecified atom stereocenters. The van der Waals surface area contributed by atoms with Crippen LogP contribution in [-0.4, -0.2) is 82.4 Å². The van der Waals surface area contributed by atoms with Crippen molar-refractivity contribution in [3.8, 4) is 17.4 Å². The van der Waals surface area contributed by atoms with E-state index in [-0.39, 0.29) is 41.7 Å². The first-order chi connectivity index (χ1) is 17.3. The third kappa shape index (κ3) is 5.05. The van der Waals surface area contributed by atoms with Crippen molar-refractivity contribution in [2.45, 2.75) is 31.1 Å². The monoisotopic (exact) mass is 524 g/mol. The van der Waals surface area contributed by atoms with Gasteiger partial charge in [0.15, 0.2) is 17.3 Å². The van der Waals surface area contributed by atoms with Crippen LogP contribution in [0.4, 0.5) is 10.3 Å². The molecule has 194 valence electrons. The first-order valence-electron chi connectivity index (χ1n) is 10.8. The zero-order valence-corrected chi connectivity index (χ0v) is 20.8. The van der Waals surface area contributed by atoms with E-state index in [1.165, 1.54) is 32.0 Å². The molecular weight excluding hydrogens is 499 g/mol. The van der Waals surface area contributed by atoms with Gasteiger partial charge in [-0.25, -0.2) is 22.8 Å².